The first-order valence-corrected chi connectivity index (χ1v) is 11.4. The Bertz CT molecular complexity index is 1370. The first-order chi connectivity index (χ1) is 16.1. The second kappa shape index (κ2) is 9.88. The Morgan fingerprint density at radius 3 is 2.45 bits per heavy atom. The molecule has 2 heterocycles. The number of rotatable bonds is 4. The maximum absolute atomic E-state index is 13.0. The number of benzodiazepines with no additional fused rings is 1. The number of carbonyl (C=O) groups is 1. The number of aromatic nitrogens is 2. The summed E-state index contributed by atoms with van der Waals surface area (Å²) in [7, 11) is 0. The SMILES string of the molecule is CC.O=C1Nc2ccc(Cl)cc2C(c2ccc3[nH]c(=O)[nH]c3c2)=NC1CCc1ccccc1. The van der Waals surface area contributed by atoms with Gasteiger partial charge in [-0.3, -0.25) is 9.79 Å². The molecule has 1 aliphatic rings. The van der Waals surface area contributed by atoms with Gasteiger partial charge in [0.2, 0.25) is 5.91 Å². The van der Waals surface area contributed by atoms with E-state index in [1.165, 1.54) is 0 Å². The van der Waals surface area contributed by atoms with E-state index in [2.05, 4.69) is 15.3 Å². The lowest BCUT2D eigenvalue weighted by Crippen LogP contribution is -2.26. The zero-order valence-electron chi connectivity index (χ0n) is 18.5. The quantitative estimate of drug-likeness (QED) is 0.384. The van der Waals surface area contributed by atoms with E-state index in [0.717, 1.165) is 23.1 Å². The van der Waals surface area contributed by atoms with Crippen molar-refractivity contribution in [3.63, 3.8) is 0 Å². The minimum Gasteiger partial charge on any atom is -0.324 e. The van der Waals surface area contributed by atoms with Gasteiger partial charge in [-0.05, 0) is 48.7 Å². The number of nitrogens with zero attached hydrogens (tertiary/aromatic N) is 1. The van der Waals surface area contributed by atoms with Crippen molar-refractivity contribution in [3.8, 4) is 0 Å². The Labute approximate surface area is 196 Å². The van der Waals surface area contributed by atoms with Crippen molar-refractivity contribution in [3.05, 3.63) is 98.9 Å². The molecular weight excluding hydrogens is 436 g/mol. The minimum atomic E-state index is -0.553. The van der Waals surface area contributed by atoms with Gasteiger partial charge < -0.3 is 15.3 Å². The van der Waals surface area contributed by atoms with E-state index in [4.69, 9.17) is 16.6 Å². The Balaban J connectivity index is 0.00000126. The number of hydrogen-bond donors (Lipinski definition) is 3. The third-order valence-electron chi connectivity index (χ3n) is 5.42. The number of aromatic amines is 2. The highest BCUT2D eigenvalue weighted by Gasteiger charge is 2.26. The summed E-state index contributed by atoms with van der Waals surface area (Å²) in [5, 5.41) is 3.56. The van der Waals surface area contributed by atoms with Gasteiger partial charge in [-0.25, -0.2) is 4.79 Å². The predicted octanol–water partition coefficient (Wildman–Crippen LogP) is 5.33. The standard InChI is InChI=1S/C24H19ClN4O2.C2H6/c25-16-8-11-18-17(13-16)22(15-7-10-19-21(12-15)29-24(31)28-19)26-20(23(30)27-18)9-6-14-4-2-1-3-5-14;1-2/h1-5,7-8,10-13,20H,6,9H2,(H,27,30)(H2,28,29,31);1-2H3. The van der Waals surface area contributed by atoms with Gasteiger partial charge in [0.25, 0.3) is 0 Å². The molecule has 3 N–H and O–H groups in total. The normalized spacial score (nSPS) is 15.1. The van der Waals surface area contributed by atoms with E-state index < -0.39 is 6.04 Å². The molecule has 168 valence electrons. The van der Waals surface area contributed by atoms with Crippen molar-refractivity contribution in [2.45, 2.75) is 32.7 Å². The molecule has 1 amide bonds. The highest BCUT2D eigenvalue weighted by molar-refractivity contribution is 6.32. The van der Waals surface area contributed by atoms with Crippen LogP contribution in [0, 0.1) is 0 Å². The van der Waals surface area contributed by atoms with Gasteiger partial charge in [-0.15, -0.1) is 0 Å². The molecular formula is C26H25ClN4O2. The molecule has 3 aromatic carbocycles. The number of nitrogens with one attached hydrogen (secondary N) is 3. The summed E-state index contributed by atoms with van der Waals surface area (Å²) in [5.41, 5.74) is 5.16. The summed E-state index contributed by atoms with van der Waals surface area (Å²) in [4.78, 5) is 35.1. The number of aliphatic imine (C=N–C) groups is 1. The first-order valence-electron chi connectivity index (χ1n) is 11.0. The molecule has 0 aliphatic carbocycles. The van der Waals surface area contributed by atoms with Crippen LogP contribution in [0.25, 0.3) is 11.0 Å². The number of carbonyl (C=O) groups excluding carboxylic acids is 1. The molecule has 0 radical (unpaired) electrons. The third kappa shape index (κ3) is 4.91. The molecule has 0 spiro atoms. The average Bonchev–Trinajstić information content (AvgIpc) is 3.15. The number of H-pyrrole nitrogens is 2. The zero-order valence-corrected chi connectivity index (χ0v) is 19.2. The van der Waals surface area contributed by atoms with E-state index in [1.54, 1.807) is 18.2 Å². The summed E-state index contributed by atoms with van der Waals surface area (Å²) in [6.45, 7) is 4.00. The lowest BCUT2D eigenvalue weighted by atomic mass is 10.00. The van der Waals surface area contributed by atoms with Crippen LogP contribution in [0.15, 0.2) is 76.5 Å². The van der Waals surface area contributed by atoms with Gasteiger partial charge in [-0.2, -0.15) is 0 Å². The van der Waals surface area contributed by atoms with Crippen LogP contribution in [-0.4, -0.2) is 27.6 Å². The summed E-state index contributed by atoms with van der Waals surface area (Å²) >= 11 is 6.27. The topological polar surface area (TPSA) is 90.1 Å². The van der Waals surface area contributed by atoms with Crippen LogP contribution in [0.5, 0.6) is 0 Å². The number of halogens is 1. The third-order valence-corrected chi connectivity index (χ3v) is 5.66. The van der Waals surface area contributed by atoms with Crippen molar-refractivity contribution in [1.82, 2.24) is 9.97 Å². The molecule has 6 nitrogen and oxygen atoms in total. The van der Waals surface area contributed by atoms with Gasteiger partial charge in [-0.1, -0.05) is 61.8 Å². The molecule has 4 aromatic rings. The molecule has 0 bridgehead atoms. The summed E-state index contributed by atoms with van der Waals surface area (Å²) in [5.74, 6) is -0.148. The van der Waals surface area contributed by atoms with E-state index in [1.807, 2.05) is 62.4 Å². The fraction of sp³-hybridized carbons (Fsp3) is 0.192. The van der Waals surface area contributed by atoms with Gasteiger partial charge in [0.05, 0.1) is 22.4 Å². The average molecular weight is 461 g/mol. The van der Waals surface area contributed by atoms with Crippen molar-refractivity contribution >= 4 is 39.9 Å². The largest absolute Gasteiger partial charge is 0.324 e. The Hall–Kier alpha value is -3.64. The molecule has 0 saturated heterocycles. The minimum absolute atomic E-state index is 0.148. The Morgan fingerprint density at radius 2 is 1.67 bits per heavy atom. The van der Waals surface area contributed by atoms with Crippen LogP contribution in [0.4, 0.5) is 5.69 Å². The number of benzene rings is 3. The van der Waals surface area contributed by atoms with Crippen LogP contribution >= 0.6 is 11.6 Å². The molecule has 1 aromatic heterocycles. The van der Waals surface area contributed by atoms with Crippen LogP contribution in [0.3, 0.4) is 0 Å². The Morgan fingerprint density at radius 1 is 0.909 bits per heavy atom. The fourth-order valence-electron chi connectivity index (χ4n) is 3.88. The van der Waals surface area contributed by atoms with Crippen LogP contribution in [0.2, 0.25) is 5.02 Å². The highest BCUT2D eigenvalue weighted by Crippen LogP contribution is 2.29. The number of amides is 1. The smallest absolute Gasteiger partial charge is 0.323 e. The van der Waals surface area contributed by atoms with Crippen molar-refractivity contribution in [2.75, 3.05) is 5.32 Å². The maximum atomic E-state index is 13.0. The van der Waals surface area contributed by atoms with Crippen LogP contribution in [-0.2, 0) is 11.2 Å². The summed E-state index contributed by atoms with van der Waals surface area (Å²) < 4.78 is 0. The second-order valence-corrected chi connectivity index (χ2v) is 7.97. The van der Waals surface area contributed by atoms with E-state index in [-0.39, 0.29) is 11.6 Å². The summed E-state index contributed by atoms with van der Waals surface area (Å²) in [6.07, 6.45) is 1.31. The highest BCUT2D eigenvalue weighted by atomic mass is 35.5. The van der Waals surface area contributed by atoms with Crippen LogP contribution < -0.4 is 11.0 Å². The zero-order chi connectivity index (χ0) is 23.4. The summed E-state index contributed by atoms with van der Waals surface area (Å²) in [6, 6.07) is 20.4. The molecule has 1 atom stereocenters. The predicted molar refractivity (Wildman–Crippen MR) is 135 cm³/mol. The molecule has 0 fully saturated rings. The molecule has 7 heteroatoms. The second-order valence-electron chi connectivity index (χ2n) is 7.54. The van der Waals surface area contributed by atoms with Gasteiger partial charge in [0.1, 0.15) is 6.04 Å². The number of aryl methyl sites for hydroxylation is 1. The van der Waals surface area contributed by atoms with Crippen molar-refractivity contribution < 1.29 is 4.79 Å². The fourth-order valence-corrected chi connectivity index (χ4v) is 4.05. The van der Waals surface area contributed by atoms with Gasteiger partial charge in [0.15, 0.2) is 0 Å². The van der Waals surface area contributed by atoms with E-state index in [0.29, 0.717) is 33.9 Å². The number of anilines is 1. The lowest BCUT2D eigenvalue weighted by Gasteiger charge is -2.11. The number of fused-ring (bicyclic) bond motifs is 2. The van der Waals surface area contributed by atoms with Crippen molar-refractivity contribution in [1.29, 1.82) is 0 Å². The van der Waals surface area contributed by atoms with Gasteiger partial charge in [0, 0.05) is 16.1 Å². The first kappa shape index (κ1) is 22.6. The van der Waals surface area contributed by atoms with E-state index in [9.17, 15) is 9.59 Å². The monoisotopic (exact) mass is 460 g/mol. The number of imidazole rings is 1. The molecule has 33 heavy (non-hydrogen) atoms. The van der Waals surface area contributed by atoms with Crippen molar-refractivity contribution in [2.24, 2.45) is 4.99 Å². The van der Waals surface area contributed by atoms with E-state index >= 15 is 0 Å². The molecule has 1 aliphatic heterocycles. The maximum Gasteiger partial charge on any atom is 0.323 e. The molecule has 0 saturated carbocycles. The Kier molecular flexibility index (Phi) is 6.75. The molecule has 5 rings (SSSR count). The lowest BCUT2D eigenvalue weighted by molar-refractivity contribution is -0.117. The van der Waals surface area contributed by atoms with Crippen LogP contribution in [0.1, 0.15) is 37.0 Å². The molecule has 1 unspecified atom stereocenters. The van der Waals surface area contributed by atoms with Gasteiger partial charge >= 0.3 is 5.69 Å². The number of hydrogen-bond acceptors (Lipinski definition) is 3.